The molecule has 0 amide bonds. The highest BCUT2D eigenvalue weighted by atomic mass is 19.1. The van der Waals surface area contributed by atoms with E-state index in [-0.39, 0.29) is 24.5 Å². The Morgan fingerprint density at radius 1 is 1.35 bits per heavy atom. The molecule has 0 aliphatic heterocycles. The van der Waals surface area contributed by atoms with E-state index in [0.29, 0.717) is 6.61 Å². The van der Waals surface area contributed by atoms with Gasteiger partial charge in [-0.2, -0.15) is 0 Å². The Morgan fingerprint density at radius 2 is 2.05 bits per heavy atom. The summed E-state index contributed by atoms with van der Waals surface area (Å²) in [4.78, 5) is 21.7. The molecule has 20 heavy (non-hydrogen) atoms. The van der Waals surface area contributed by atoms with Gasteiger partial charge in [-0.05, 0) is 18.9 Å². The van der Waals surface area contributed by atoms with E-state index in [9.17, 15) is 19.3 Å². The van der Waals surface area contributed by atoms with Gasteiger partial charge in [-0.3, -0.25) is 10.1 Å². The summed E-state index contributed by atoms with van der Waals surface area (Å²) in [7, 11) is 0. The van der Waals surface area contributed by atoms with E-state index in [1.54, 1.807) is 0 Å². The van der Waals surface area contributed by atoms with Gasteiger partial charge in [0.05, 0.1) is 11.5 Å². The van der Waals surface area contributed by atoms with Gasteiger partial charge in [0.1, 0.15) is 18.0 Å². The fraction of sp³-hybridized carbons (Fsp3) is 0.462. The predicted molar refractivity (Wildman–Crippen MR) is 69.2 cm³/mol. The normalized spacial score (nSPS) is 10.3. The van der Waals surface area contributed by atoms with Crippen LogP contribution in [0.4, 0.5) is 10.1 Å². The number of hydrogen-bond donors (Lipinski definition) is 0. The Morgan fingerprint density at radius 3 is 2.65 bits per heavy atom. The maximum atomic E-state index is 13.8. The number of aryl methyl sites for hydroxylation is 1. The van der Waals surface area contributed by atoms with Gasteiger partial charge < -0.3 is 9.47 Å². The summed E-state index contributed by atoms with van der Waals surface area (Å²) in [5, 5.41) is 10.7. The first-order chi connectivity index (χ1) is 9.47. The zero-order valence-electron chi connectivity index (χ0n) is 11.3. The molecule has 0 N–H and O–H groups in total. The number of nitro groups is 1. The van der Waals surface area contributed by atoms with Crippen LogP contribution < -0.4 is 0 Å². The van der Waals surface area contributed by atoms with Crippen molar-refractivity contribution < 1.29 is 23.6 Å². The first kappa shape index (κ1) is 16.0. The quantitative estimate of drug-likeness (QED) is 0.333. The number of carbonyl (C=O) groups excluding carboxylic acids is 1. The number of benzene rings is 1. The van der Waals surface area contributed by atoms with Crippen LogP contribution in [0.1, 0.15) is 29.3 Å². The van der Waals surface area contributed by atoms with E-state index >= 15 is 0 Å². The van der Waals surface area contributed by atoms with Gasteiger partial charge in [0.2, 0.25) is 0 Å². The third-order valence-electron chi connectivity index (χ3n) is 2.48. The second-order valence-electron chi connectivity index (χ2n) is 4.13. The standard InChI is InChI=1S/C13H16FNO5/c1-3-4-19-5-6-20-13(16)11-8-10(15(17)18)7-9(2)12(11)14/h7-8H,3-6H2,1-2H3. The number of rotatable bonds is 7. The highest BCUT2D eigenvalue weighted by Gasteiger charge is 2.20. The van der Waals surface area contributed by atoms with Gasteiger partial charge in [0, 0.05) is 18.7 Å². The Kier molecular flexibility index (Phi) is 6.05. The fourth-order valence-electron chi connectivity index (χ4n) is 1.52. The third-order valence-corrected chi connectivity index (χ3v) is 2.48. The summed E-state index contributed by atoms with van der Waals surface area (Å²) < 4.78 is 23.7. The molecule has 0 saturated carbocycles. The molecule has 6 nitrogen and oxygen atoms in total. The maximum Gasteiger partial charge on any atom is 0.341 e. The van der Waals surface area contributed by atoms with Gasteiger partial charge >= 0.3 is 5.97 Å². The van der Waals surface area contributed by atoms with Crippen molar-refractivity contribution in [2.45, 2.75) is 20.3 Å². The van der Waals surface area contributed by atoms with E-state index in [4.69, 9.17) is 9.47 Å². The molecule has 0 radical (unpaired) electrons. The number of nitro benzene ring substituents is 1. The predicted octanol–water partition coefficient (Wildman–Crippen LogP) is 2.63. The van der Waals surface area contributed by atoms with E-state index in [0.717, 1.165) is 18.6 Å². The summed E-state index contributed by atoms with van der Waals surface area (Å²) in [6, 6.07) is 1.94. The first-order valence-corrected chi connectivity index (χ1v) is 6.16. The van der Waals surface area contributed by atoms with Crippen molar-refractivity contribution in [1.29, 1.82) is 0 Å². The summed E-state index contributed by atoms with van der Waals surface area (Å²) >= 11 is 0. The van der Waals surface area contributed by atoms with Gasteiger partial charge in [0.15, 0.2) is 0 Å². The number of halogens is 1. The van der Waals surface area contributed by atoms with Crippen molar-refractivity contribution in [3.63, 3.8) is 0 Å². The Hall–Kier alpha value is -2.02. The maximum absolute atomic E-state index is 13.8. The summed E-state index contributed by atoms with van der Waals surface area (Å²) in [6.45, 7) is 4.01. The summed E-state index contributed by atoms with van der Waals surface area (Å²) in [5.41, 5.74) is -0.765. The van der Waals surface area contributed by atoms with E-state index in [1.165, 1.54) is 6.92 Å². The number of hydrogen-bond acceptors (Lipinski definition) is 5. The van der Waals surface area contributed by atoms with Crippen molar-refractivity contribution in [2.75, 3.05) is 19.8 Å². The first-order valence-electron chi connectivity index (χ1n) is 6.16. The molecule has 0 aromatic heterocycles. The Labute approximate surface area is 115 Å². The minimum absolute atomic E-state index is 0.0217. The van der Waals surface area contributed by atoms with Crippen LogP contribution in [-0.4, -0.2) is 30.7 Å². The van der Waals surface area contributed by atoms with Crippen molar-refractivity contribution in [3.8, 4) is 0 Å². The van der Waals surface area contributed by atoms with Crippen LogP contribution >= 0.6 is 0 Å². The minimum Gasteiger partial charge on any atom is -0.460 e. The van der Waals surface area contributed by atoms with Gasteiger partial charge in [-0.15, -0.1) is 0 Å². The average molecular weight is 285 g/mol. The van der Waals surface area contributed by atoms with Crippen molar-refractivity contribution in [1.82, 2.24) is 0 Å². The van der Waals surface area contributed by atoms with Crippen LogP contribution in [0.3, 0.4) is 0 Å². The molecule has 1 aromatic rings. The molecular weight excluding hydrogens is 269 g/mol. The van der Waals surface area contributed by atoms with Crippen LogP contribution in [0.15, 0.2) is 12.1 Å². The topological polar surface area (TPSA) is 78.7 Å². The van der Waals surface area contributed by atoms with Crippen LogP contribution in [0.5, 0.6) is 0 Å². The number of non-ortho nitro benzene ring substituents is 1. The zero-order valence-corrected chi connectivity index (χ0v) is 11.3. The van der Waals surface area contributed by atoms with Crippen LogP contribution in [0.25, 0.3) is 0 Å². The lowest BCUT2D eigenvalue weighted by Gasteiger charge is -2.07. The average Bonchev–Trinajstić information content (AvgIpc) is 2.41. The van der Waals surface area contributed by atoms with Crippen molar-refractivity contribution in [3.05, 3.63) is 39.2 Å². The lowest BCUT2D eigenvalue weighted by molar-refractivity contribution is -0.385. The molecule has 110 valence electrons. The monoisotopic (exact) mass is 285 g/mol. The number of ether oxygens (including phenoxy) is 2. The molecule has 0 heterocycles. The molecule has 0 fully saturated rings. The molecule has 0 saturated heterocycles. The summed E-state index contributed by atoms with van der Waals surface area (Å²) in [5.74, 6) is -1.75. The molecule has 7 heteroatoms. The molecule has 1 rings (SSSR count). The number of carbonyl (C=O) groups is 1. The Bertz CT molecular complexity index is 504. The smallest absolute Gasteiger partial charge is 0.341 e. The molecule has 0 bridgehead atoms. The molecule has 0 aliphatic carbocycles. The third kappa shape index (κ3) is 4.27. The molecular formula is C13H16FNO5. The lowest BCUT2D eigenvalue weighted by atomic mass is 10.1. The molecule has 0 aliphatic rings. The van der Waals surface area contributed by atoms with Crippen LogP contribution in [0.2, 0.25) is 0 Å². The van der Waals surface area contributed by atoms with Crippen molar-refractivity contribution >= 4 is 11.7 Å². The second kappa shape index (κ2) is 7.54. The summed E-state index contributed by atoms with van der Waals surface area (Å²) in [6.07, 6.45) is 0.840. The van der Waals surface area contributed by atoms with E-state index < -0.39 is 22.3 Å². The van der Waals surface area contributed by atoms with Gasteiger partial charge in [0.25, 0.3) is 5.69 Å². The molecule has 1 aromatic carbocycles. The SMILES string of the molecule is CCCOCCOC(=O)c1cc([N+](=O)[O-])cc(C)c1F. The molecule has 0 atom stereocenters. The molecule has 0 unspecified atom stereocenters. The number of nitrogens with zero attached hydrogens (tertiary/aromatic N) is 1. The van der Waals surface area contributed by atoms with E-state index in [1.807, 2.05) is 6.92 Å². The lowest BCUT2D eigenvalue weighted by Crippen LogP contribution is -2.13. The van der Waals surface area contributed by atoms with Gasteiger partial charge in [-0.25, -0.2) is 9.18 Å². The highest BCUT2D eigenvalue weighted by Crippen LogP contribution is 2.21. The number of esters is 1. The zero-order chi connectivity index (χ0) is 15.1. The largest absolute Gasteiger partial charge is 0.460 e. The second-order valence-corrected chi connectivity index (χ2v) is 4.13. The van der Waals surface area contributed by atoms with Crippen molar-refractivity contribution in [2.24, 2.45) is 0 Å². The highest BCUT2D eigenvalue weighted by molar-refractivity contribution is 5.90. The van der Waals surface area contributed by atoms with Gasteiger partial charge in [-0.1, -0.05) is 6.92 Å². The molecule has 0 spiro atoms. The van der Waals surface area contributed by atoms with E-state index in [2.05, 4.69) is 0 Å². The Balaban J connectivity index is 2.74. The van der Waals surface area contributed by atoms with Crippen LogP contribution in [-0.2, 0) is 9.47 Å². The minimum atomic E-state index is -0.936. The van der Waals surface area contributed by atoms with Crippen LogP contribution in [0, 0.1) is 22.9 Å². The fourth-order valence-corrected chi connectivity index (χ4v) is 1.52.